The van der Waals surface area contributed by atoms with Crippen LogP contribution in [0.4, 0.5) is 0 Å². The lowest BCUT2D eigenvalue weighted by Crippen LogP contribution is -2.37. The molecule has 0 saturated heterocycles. The smallest absolute Gasteiger partial charge is 0.0699 e. The van der Waals surface area contributed by atoms with E-state index in [1.54, 1.807) is 0 Å². The van der Waals surface area contributed by atoms with Crippen molar-refractivity contribution in [3.8, 4) is 0 Å². The summed E-state index contributed by atoms with van der Waals surface area (Å²) in [5.41, 5.74) is 0. The van der Waals surface area contributed by atoms with Crippen LogP contribution < -0.4 is 5.32 Å². The molecule has 0 aliphatic carbocycles. The van der Waals surface area contributed by atoms with Crippen LogP contribution >= 0.6 is 0 Å². The van der Waals surface area contributed by atoms with E-state index >= 15 is 0 Å². The van der Waals surface area contributed by atoms with Gasteiger partial charge in [0.05, 0.1) is 6.10 Å². The van der Waals surface area contributed by atoms with Gasteiger partial charge in [-0.25, -0.2) is 0 Å². The third kappa shape index (κ3) is 6.49. The molecule has 0 aliphatic heterocycles. The Bertz CT molecular complexity index is 146. The molecule has 0 amide bonds. The molecule has 0 aromatic rings. The summed E-state index contributed by atoms with van der Waals surface area (Å²) in [4.78, 5) is 0. The first-order valence-corrected chi connectivity index (χ1v) is 6.98. The van der Waals surface area contributed by atoms with Gasteiger partial charge in [0, 0.05) is 12.6 Å². The van der Waals surface area contributed by atoms with E-state index in [1.807, 2.05) is 7.05 Å². The topological polar surface area (TPSA) is 21.3 Å². The minimum absolute atomic E-state index is 0.325. The highest BCUT2D eigenvalue weighted by atomic mass is 16.5. The van der Waals surface area contributed by atoms with Crippen molar-refractivity contribution in [2.75, 3.05) is 13.7 Å². The minimum Gasteiger partial charge on any atom is -0.377 e. The van der Waals surface area contributed by atoms with Gasteiger partial charge < -0.3 is 10.1 Å². The molecule has 0 fully saturated rings. The monoisotopic (exact) mass is 229 g/mol. The largest absolute Gasteiger partial charge is 0.377 e. The first-order valence-electron chi connectivity index (χ1n) is 6.98. The predicted octanol–water partition coefficient (Wildman–Crippen LogP) is 3.61. The Balaban J connectivity index is 3.81. The molecule has 0 spiro atoms. The summed E-state index contributed by atoms with van der Waals surface area (Å²) in [7, 11) is 2.02. The summed E-state index contributed by atoms with van der Waals surface area (Å²) in [6, 6.07) is 0.490. The van der Waals surface area contributed by atoms with Crippen molar-refractivity contribution in [2.45, 2.75) is 71.9 Å². The average Bonchev–Trinajstić information content (AvgIpc) is 2.31. The van der Waals surface area contributed by atoms with E-state index in [9.17, 15) is 0 Å². The molecule has 0 rings (SSSR count). The molecule has 0 heterocycles. The third-order valence-electron chi connectivity index (χ3n) is 3.52. The molecule has 0 saturated carbocycles. The first-order chi connectivity index (χ1) is 7.69. The fourth-order valence-electron chi connectivity index (χ4n) is 2.07. The van der Waals surface area contributed by atoms with E-state index in [4.69, 9.17) is 4.74 Å². The van der Waals surface area contributed by atoms with Crippen LogP contribution in [0.3, 0.4) is 0 Å². The molecule has 2 heteroatoms. The van der Waals surface area contributed by atoms with Gasteiger partial charge in [-0.2, -0.15) is 0 Å². The van der Waals surface area contributed by atoms with Gasteiger partial charge in [0.1, 0.15) is 0 Å². The highest BCUT2D eigenvalue weighted by Crippen LogP contribution is 2.14. The predicted molar refractivity (Wildman–Crippen MR) is 71.9 cm³/mol. The zero-order valence-electron chi connectivity index (χ0n) is 11.9. The molecule has 0 aromatic carbocycles. The van der Waals surface area contributed by atoms with E-state index < -0.39 is 0 Å². The summed E-state index contributed by atoms with van der Waals surface area (Å²) in [6.07, 6.45) is 6.63. The Labute approximate surface area is 102 Å². The Morgan fingerprint density at radius 3 is 2.25 bits per heavy atom. The van der Waals surface area contributed by atoms with Crippen molar-refractivity contribution < 1.29 is 4.74 Å². The molecule has 3 atom stereocenters. The first kappa shape index (κ1) is 15.9. The van der Waals surface area contributed by atoms with Gasteiger partial charge in [-0.3, -0.25) is 0 Å². The van der Waals surface area contributed by atoms with E-state index in [2.05, 4.69) is 33.0 Å². The molecule has 2 nitrogen and oxygen atoms in total. The van der Waals surface area contributed by atoms with Crippen LogP contribution in [0.25, 0.3) is 0 Å². The van der Waals surface area contributed by atoms with Gasteiger partial charge in [0.15, 0.2) is 0 Å². The van der Waals surface area contributed by atoms with Crippen LogP contribution in [0.5, 0.6) is 0 Å². The summed E-state index contributed by atoms with van der Waals surface area (Å²) in [5.74, 6) is 0.747. The molecule has 1 N–H and O–H groups in total. The maximum absolute atomic E-state index is 5.97. The number of hydrogen-bond donors (Lipinski definition) is 1. The van der Waals surface area contributed by atoms with Crippen LogP contribution in [0.2, 0.25) is 0 Å². The summed E-state index contributed by atoms with van der Waals surface area (Å²) in [6.45, 7) is 9.83. The van der Waals surface area contributed by atoms with E-state index in [1.165, 1.54) is 25.7 Å². The highest BCUT2D eigenvalue weighted by molar-refractivity contribution is 4.70. The standard InChI is InChI=1S/C14H31NO/c1-6-9-10-13(7-2)11-16-12(4)14(8-3)15-5/h12-15H,6-11H2,1-5H3. The van der Waals surface area contributed by atoms with E-state index in [0.29, 0.717) is 12.1 Å². The number of unbranched alkanes of at least 4 members (excludes halogenated alkanes) is 1. The van der Waals surface area contributed by atoms with Gasteiger partial charge in [-0.15, -0.1) is 0 Å². The average molecular weight is 229 g/mol. The van der Waals surface area contributed by atoms with Crippen LogP contribution in [0.1, 0.15) is 59.8 Å². The molecular formula is C14H31NO. The number of ether oxygens (including phenoxy) is 1. The number of nitrogens with one attached hydrogen (secondary N) is 1. The van der Waals surface area contributed by atoms with Crippen LogP contribution in [-0.4, -0.2) is 25.8 Å². The van der Waals surface area contributed by atoms with Gasteiger partial charge in [0.2, 0.25) is 0 Å². The second kappa shape index (κ2) is 10.1. The molecule has 0 aliphatic rings. The normalized spacial score (nSPS) is 17.1. The lowest BCUT2D eigenvalue weighted by molar-refractivity contribution is 0.0151. The zero-order valence-corrected chi connectivity index (χ0v) is 11.9. The second-order valence-electron chi connectivity index (χ2n) is 4.76. The number of likely N-dealkylation sites (N-methyl/N-ethyl adjacent to an activating group) is 1. The summed E-state index contributed by atoms with van der Waals surface area (Å²) >= 11 is 0. The quantitative estimate of drug-likeness (QED) is 0.618. The van der Waals surface area contributed by atoms with Gasteiger partial charge in [-0.05, 0) is 32.7 Å². The molecule has 0 bridgehead atoms. The Morgan fingerprint density at radius 1 is 1.12 bits per heavy atom. The third-order valence-corrected chi connectivity index (χ3v) is 3.52. The Hall–Kier alpha value is -0.0800. The lowest BCUT2D eigenvalue weighted by atomic mass is 10.0. The molecule has 16 heavy (non-hydrogen) atoms. The van der Waals surface area contributed by atoms with Crippen molar-refractivity contribution >= 4 is 0 Å². The lowest BCUT2D eigenvalue weighted by Gasteiger charge is -2.25. The van der Waals surface area contributed by atoms with Gasteiger partial charge >= 0.3 is 0 Å². The van der Waals surface area contributed by atoms with Crippen molar-refractivity contribution in [1.82, 2.24) is 5.32 Å². The highest BCUT2D eigenvalue weighted by Gasteiger charge is 2.15. The SMILES string of the molecule is CCCCC(CC)COC(C)C(CC)NC. The summed E-state index contributed by atoms with van der Waals surface area (Å²) in [5, 5.41) is 3.31. The van der Waals surface area contributed by atoms with Gasteiger partial charge in [-0.1, -0.05) is 40.0 Å². The van der Waals surface area contributed by atoms with Crippen molar-refractivity contribution in [3.05, 3.63) is 0 Å². The maximum Gasteiger partial charge on any atom is 0.0699 e. The van der Waals surface area contributed by atoms with Crippen molar-refractivity contribution in [3.63, 3.8) is 0 Å². The van der Waals surface area contributed by atoms with E-state index in [0.717, 1.165) is 18.9 Å². The number of hydrogen-bond acceptors (Lipinski definition) is 2. The van der Waals surface area contributed by atoms with Gasteiger partial charge in [0.25, 0.3) is 0 Å². The molecule has 0 radical (unpaired) electrons. The number of rotatable bonds is 10. The van der Waals surface area contributed by atoms with Crippen molar-refractivity contribution in [2.24, 2.45) is 5.92 Å². The fourth-order valence-corrected chi connectivity index (χ4v) is 2.07. The molecular weight excluding hydrogens is 198 g/mol. The molecule has 98 valence electrons. The van der Waals surface area contributed by atoms with Crippen LogP contribution in [0, 0.1) is 5.92 Å². The molecule has 3 unspecified atom stereocenters. The minimum atomic E-state index is 0.325. The van der Waals surface area contributed by atoms with Crippen LogP contribution in [0.15, 0.2) is 0 Å². The summed E-state index contributed by atoms with van der Waals surface area (Å²) < 4.78 is 5.97. The molecule has 0 aromatic heterocycles. The maximum atomic E-state index is 5.97. The second-order valence-corrected chi connectivity index (χ2v) is 4.76. The Kier molecular flexibility index (Phi) is 10.0. The van der Waals surface area contributed by atoms with Crippen LogP contribution in [-0.2, 0) is 4.74 Å². The van der Waals surface area contributed by atoms with Crippen molar-refractivity contribution in [1.29, 1.82) is 0 Å². The zero-order chi connectivity index (χ0) is 12.4. The van der Waals surface area contributed by atoms with E-state index in [-0.39, 0.29) is 0 Å². The fraction of sp³-hybridized carbons (Fsp3) is 1.00. The Morgan fingerprint density at radius 2 is 1.81 bits per heavy atom.